The van der Waals surface area contributed by atoms with E-state index in [1.807, 2.05) is 18.2 Å². The molecule has 0 aliphatic rings. The zero-order valence-electron chi connectivity index (χ0n) is 10.2. The van der Waals surface area contributed by atoms with Crippen LogP contribution < -0.4 is 10.6 Å². The third kappa shape index (κ3) is 3.11. The second kappa shape index (κ2) is 5.69. The van der Waals surface area contributed by atoms with E-state index >= 15 is 0 Å². The van der Waals surface area contributed by atoms with Gasteiger partial charge in [0.15, 0.2) is 0 Å². The lowest BCUT2D eigenvalue weighted by Gasteiger charge is -2.22. The van der Waals surface area contributed by atoms with Crippen LogP contribution in [0.15, 0.2) is 36.4 Å². The van der Waals surface area contributed by atoms with Crippen molar-refractivity contribution in [3.05, 3.63) is 47.1 Å². The minimum Gasteiger partial charge on any atom is -0.368 e. The molecule has 0 radical (unpaired) electrons. The van der Waals surface area contributed by atoms with Crippen LogP contribution in [0.2, 0.25) is 5.15 Å². The maximum Gasteiger partial charge on any atom is 0.223 e. The summed E-state index contributed by atoms with van der Waals surface area (Å²) >= 11 is 5.90. The summed E-state index contributed by atoms with van der Waals surface area (Å²) in [5.74, 6) is 0.947. The Kier molecular flexibility index (Phi) is 3.99. The summed E-state index contributed by atoms with van der Waals surface area (Å²) in [6.45, 7) is 3.65. The summed E-state index contributed by atoms with van der Waals surface area (Å²) < 4.78 is 0. The molecule has 5 heteroatoms. The van der Waals surface area contributed by atoms with Crippen LogP contribution in [0.4, 0.5) is 11.8 Å². The fourth-order valence-corrected chi connectivity index (χ4v) is 1.93. The Morgan fingerprint density at radius 3 is 2.56 bits per heavy atom. The smallest absolute Gasteiger partial charge is 0.223 e. The van der Waals surface area contributed by atoms with Crippen molar-refractivity contribution < 1.29 is 0 Å². The molecule has 0 saturated heterocycles. The highest BCUT2D eigenvalue weighted by atomic mass is 35.5. The van der Waals surface area contributed by atoms with E-state index in [4.69, 9.17) is 17.3 Å². The normalized spacial score (nSPS) is 10.3. The third-order valence-corrected chi connectivity index (χ3v) is 2.81. The van der Waals surface area contributed by atoms with Gasteiger partial charge in [0, 0.05) is 19.2 Å². The number of hydrogen-bond acceptors (Lipinski definition) is 4. The first-order valence-electron chi connectivity index (χ1n) is 5.78. The second-order valence-electron chi connectivity index (χ2n) is 3.91. The predicted molar refractivity (Wildman–Crippen MR) is 74.6 cm³/mol. The van der Waals surface area contributed by atoms with Crippen LogP contribution in [0.3, 0.4) is 0 Å². The fraction of sp³-hybridized carbons (Fsp3) is 0.231. The second-order valence-corrected chi connectivity index (χ2v) is 4.29. The average Bonchev–Trinajstić information content (AvgIpc) is 2.36. The zero-order valence-corrected chi connectivity index (χ0v) is 10.9. The molecule has 0 amide bonds. The van der Waals surface area contributed by atoms with Crippen molar-refractivity contribution in [2.24, 2.45) is 0 Å². The van der Waals surface area contributed by atoms with Gasteiger partial charge in [-0.3, -0.25) is 0 Å². The van der Waals surface area contributed by atoms with Gasteiger partial charge < -0.3 is 10.6 Å². The Labute approximate surface area is 111 Å². The molecular weight excluding hydrogens is 248 g/mol. The summed E-state index contributed by atoms with van der Waals surface area (Å²) in [5.41, 5.74) is 6.83. The molecule has 4 nitrogen and oxygen atoms in total. The van der Waals surface area contributed by atoms with E-state index in [1.54, 1.807) is 6.07 Å². The number of hydrogen-bond donors (Lipinski definition) is 1. The molecule has 1 aromatic carbocycles. The number of aromatic nitrogens is 2. The van der Waals surface area contributed by atoms with E-state index in [2.05, 4.69) is 33.9 Å². The van der Waals surface area contributed by atoms with Crippen molar-refractivity contribution in [2.75, 3.05) is 17.2 Å². The van der Waals surface area contributed by atoms with Crippen LogP contribution in [0, 0.1) is 0 Å². The molecule has 2 aromatic rings. The van der Waals surface area contributed by atoms with Crippen LogP contribution >= 0.6 is 11.6 Å². The minimum atomic E-state index is 0.198. The van der Waals surface area contributed by atoms with Gasteiger partial charge in [-0.2, -0.15) is 4.98 Å². The number of nitrogens with two attached hydrogens (primary N) is 1. The Balaban J connectivity index is 2.23. The number of nitrogen functional groups attached to an aromatic ring is 1. The van der Waals surface area contributed by atoms with Crippen molar-refractivity contribution in [3.63, 3.8) is 0 Å². The number of anilines is 2. The van der Waals surface area contributed by atoms with Crippen molar-refractivity contribution in [3.8, 4) is 0 Å². The molecule has 0 fully saturated rings. The van der Waals surface area contributed by atoms with Crippen molar-refractivity contribution in [1.82, 2.24) is 9.97 Å². The highest BCUT2D eigenvalue weighted by Gasteiger charge is 2.09. The maximum absolute atomic E-state index is 5.90. The lowest BCUT2D eigenvalue weighted by atomic mass is 10.2. The highest BCUT2D eigenvalue weighted by molar-refractivity contribution is 6.29. The number of nitrogens with zero attached hydrogens (tertiary/aromatic N) is 3. The first-order chi connectivity index (χ1) is 8.69. The molecule has 0 unspecified atom stereocenters. The summed E-state index contributed by atoms with van der Waals surface area (Å²) in [5, 5.41) is 0.365. The maximum atomic E-state index is 5.90. The molecular formula is C13H15ClN4. The lowest BCUT2D eigenvalue weighted by molar-refractivity contribution is 0.812. The minimum absolute atomic E-state index is 0.198. The summed E-state index contributed by atoms with van der Waals surface area (Å²) in [4.78, 5) is 10.2. The monoisotopic (exact) mass is 262 g/mol. The Morgan fingerprint density at radius 2 is 1.94 bits per heavy atom. The average molecular weight is 263 g/mol. The molecule has 0 aliphatic heterocycles. The van der Waals surface area contributed by atoms with Gasteiger partial charge in [0.25, 0.3) is 0 Å². The van der Waals surface area contributed by atoms with Crippen LogP contribution in [0.25, 0.3) is 0 Å². The van der Waals surface area contributed by atoms with Gasteiger partial charge in [-0.25, -0.2) is 4.98 Å². The quantitative estimate of drug-likeness (QED) is 0.861. The molecule has 94 valence electrons. The van der Waals surface area contributed by atoms with Crippen molar-refractivity contribution in [2.45, 2.75) is 13.5 Å². The van der Waals surface area contributed by atoms with E-state index in [1.165, 1.54) is 5.56 Å². The van der Waals surface area contributed by atoms with Gasteiger partial charge in [-0.15, -0.1) is 0 Å². The van der Waals surface area contributed by atoms with Crippen LogP contribution in [-0.4, -0.2) is 16.5 Å². The van der Waals surface area contributed by atoms with Gasteiger partial charge in [0.1, 0.15) is 11.0 Å². The van der Waals surface area contributed by atoms with E-state index in [0.29, 0.717) is 5.15 Å². The largest absolute Gasteiger partial charge is 0.368 e. The Bertz CT molecular complexity index is 495. The molecule has 2 N–H and O–H groups in total. The summed E-state index contributed by atoms with van der Waals surface area (Å²) in [6.07, 6.45) is 0. The Hall–Kier alpha value is -1.81. The standard InChI is InChI=1S/C13H15ClN4/c1-2-18(9-10-6-4-3-5-7-10)12-8-11(14)16-13(15)17-12/h3-8H,2,9H2,1H3,(H2,15,16,17). The van der Waals surface area contributed by atoms with E-state index < -0.39 is 0 Å². The van der Waals surface area contributed by atoms with Gasteiger partial charge in [0.2, 0.25) is 5.95 Å². The molecule has 0 spiro atoms. The Morgan fingerprint density at radius 1 is 1.22 bits per heavy atom. The zero-order chi connectivity index (χ0) is 13.0. The first-order valence-corrected chi connectivity index (χ1v) is 6.15. The van der Waals surface area contributed by atoms with Crippen molar-refractivity contribution >= 4 is 23.4 Å². The molecule has 0 bridgehead atoms. The van der Waals surface area contributed by atoms with E-state index in [0.717, 1.165) is 18.9 Å². The lowest BCUT2D eigenvalue weighted by Crippen LogP contribution is -2.23. The van der Waals surface area contributed by atoms with Crippen LogP contribution in [0.5, 0.6) is 0 Å². The SMILES string of the molecule is CCN(Cc1ccccc1)c1cc(Cl)nc(N)n1. The van der Waals surface area contributed by atoms with E-state index in [9.17, 15) is 0 Å². The summed E-state index contributed by atoms with van der Waals surface area (Å²) in [7, 11) is 0. The first kappa shape index (κ1) is 12.6. The summed E-state index contributed by atoms with van der Waals surface area (Å²) in [6, 6.07) is 11.9. The molecule has 18 heavy (non-hydrogen) atoms. The topological polar surface area (TPSA) is 55.0 Å². The molecule has 1 heterocycles. The van der Waals surface area contributed by atoms with Crippen molar-refractivity contribution in [1.29, 1.82) is 0 Å². The van der Waals surface area contributed by atoms with Crippen LogP contribution in [-0.2, 0) is 6.54 Å². The molecule has 0 saturated carbocycles. The molecule has 0 aliphatic carbocycles. The molecule has 2 rings (SSSR count). The number of benzene rings is 1. The van der Waals surface area contributed by atoms with E-state index in [-0.39, 0.29) is 5.95 Å². The van der Waals surface area contributed by atoms with Crippen LogP contribution in [0.1, 0.15) is 12.5 Å². The number of rotatable bonds is 4. The third-order valence-electron chi connectivity index (χ3n) is 2.62. The fourth-order valence-electron chi connectivity index (χ4n) is 1.74. The van der Waals surface area contributed by atoms with Gasteiger partial charge >= 0.3 is 0 Å². The number of halogens is 1. The van der Waals surface area contributed by atoms with Gasteiger partial charge in [-0.05, 0) is 12.5 Å². The molecule has 1 aromatic heterocycles. The highest BCUT2D eigenvalue weighted by Crippen LogP contribution is 2.18. The van der Waals surface area contributed by atoms with Gasteiger partial charge in [0.05, 0.1) is 0 Å². The molecule has 0 atom stereocenters. The van der Waals surface area contributed by atoms with Gasteiger partial charge in [-0.1, -0.05) is 41.9 Å². The predicted octanol–water partition coefficient (Wildman–Crippen LogP) is 2.74.